The highest BCUT2D eigenvalue weighted by atomic mass is 32.2. The fraction of sp³-hybridized carbons (Fsp3) is 0.558. The van der Waals surface area contributed by atoms with Crippen LogP contribution in [0.15, 0.2) is 56.2 Å². The predicted octanol–water partition coefficient (Wildman–Crippen LogP) is 3.59. The normalized spacial score (nSPS) is 26.4. The van der Waals surface area contributed by atoms with Crippen molar-refractivity contribution in [3.8, 4) is 0 Å². The largest absolute Gasteiger partial charge is 0.463 e. The molecule has 6 rings (SSSR count). The van der Waals surface area contributed by atoms with Crippen LogP contribution in [0, 0.1) is 5.92 Å². The summed E-state index contributed by atoms with van der Waals surface area (Å²) >= 11 is 3.52. The Hall–Kier alpha value is -4.81. The summed E-state index contributed by atoms with van der Waals surface area (Å²) in [5, 5.41) is 43.7. The van der Waals surface area contributed by atoms with Gasteiger partial charge in [0, 0.05) is 43.4 Å². The summed E-state index contributed by atoms with van der Waals surface area (Å²) in [7, 11) is 0. The number of ether oxygens (including phenoxy) is 7. The zero-order valence-corrected chi connectivity index (χ0v) is 38.4. The molecule has 0 radical (unpaired) electrons. The Kier molecular flexibility index (Phi) is 19.0. The smallest absolute Gasteiger partial charge is 0.414 e. The fourth-order valence-corrected chi connectivity index (χ4v) is 8.66. The molecule has 22 heteroatoms. The number of amides is 2. The van der Waals surface area contributed by atoms with Crippen molar-refractivity contribution < 1.29 is 77.6 Å². The third kappa shape index (κ3) is 14.3. The number of carbonyl (C=O) groups is 5. The number of aliphatic hydroxyl groups excluding tert-OH is 4. The maximum atomic E-state index is 12.8. The van der Waals surface area contributed by atoms with Gasteiger partial charge in [-0.15, -0.1) is 23.5 Å². The summed E-state index contributed by atoms with van der Waals surface area (Å²) in [5.74, 6) is 0.288. The predicted molar refractivity (Wildman–Crippen MR) is 235 cm³/mol. The molecule has 4 aliphatic heterocycles. The molecule has 2 amide bonds. The van der Waals surface area contributed by atoms with Gasteiger partial charge in [-0.1, -0.05) is 20.8 Å². The minimum absolute atomic E-state index is 0.306. The molecular weight excluding hydrogens is 893 g/mol. The Labute approximate surface area is 384 Å². The lowest BCUT2D eigenvalue weighted by atomic mass is 9.92. The molecule has 6 N–H and O–H groups in total. The number of nitrogens with one attached hydrogen (secondary N) is 2. The monoisotopic (exact) mass is 948 g/mol. The minimum atomic E-state index is -1.65. The molecule has 0 spiro atoms. The third-order valence-electron chi connectivity index (χ3n) is 10.1. The van der Waals surface area contributed by atoms with E-state index in [1.807, 2.05) is 30.3 Å². The Balaban J connectivity index is 0.000000253. The van der Waals surface area contributed by atoms with Gasteiger partial charge in [-0.2, -0.15) is 0 Å². The van der Waals surface area contributed by atoms with E-state index < -0.39 is 97.9 Å². The number of alkyl carbamates (subject to hydrolysis) is 2. The third-order valence-corrected chi connectivity index (χ3v) is 12.5. The Morgan fingerprint density at radius 3 is 1.65 bits per heavy atom. The molecular formula is C43H56N4O16S2. The van der Waals surface area contributed by atoms with E-state index in [0.717, 1.165) is 56.6 Å². The molecule has 0 bridgehead atoms. The number of carbonyl (C=O) groups excluding carboxylic acids is 5. The maximum absolute atomic E-state index is 12.8. The van der Waals surface area contributed by atoms with Crippen molar-refractivity contribution in [2.24, 2.45) is 15.9 Å². The van der Waals surface area contributed by atoms with Crippen molar-refractivity contribution in [2.75, 3.05) is 24.7 Å². The number of esters is 3. The van der Waals surface area contributed by atoms with Gasteiger partial charge in [0.05, 0.1) is 23.9 Å². The van der Waals surface area contributed by atoms with E-state index in [-0.39, 0.29) is 6.61 Å². The number of thioether (sulfide) groups is 2. The van der Waals surface area contributed by atoms with Crippen LogP contribution in [0.2, 0.25) is 0 Å². The number of fused-ring (bicyclic) bond motifs is 2. The van der Waals surface area contributed by atoms with E-state index in [4.69, 9.17) is 38.3 Å². The van der Waals surface area contributed by atoms with Gasteiger partial charge in [-0.05, 0) is 71.9 Å². The fourth-order valence-electron chi connectivity index (χ4n) is 7.00. The van der Waals surface area contributed by atoms with Gasteiger partial charge in [0.1, 0.15) is 54.9 Å². The van der Waals surface area contributed by atoms with Crippen molar-refractivity contribution in [3.05, 3.63) is 47.5 Å². The zero-order valence-electron chi connectivity index (χ0n) is 36.8. The molecule has 4 heterocycles. The number of amidine groups is 2. The molecule has 2 aromatic carbocycles. The molecule has 65 heavy (non-hydrogen) atoms. The van der Waals surface area contributed by atoms with Crippen LogP contribution in [-0.2, 0) is 60.4 Å². The van der Waals surface area contributed by atoms with Gasteiger partial charge >= 0.3 is 30.1 Å². The lowest BCUT2D eigenvalue weighted by molar-refractivity contribution is -0.284. The van der Waals surface area contributed by atoms with E-state index in [0.29, 0.717) is 24.5 Å². The lowest BCUT2D eigenvalue weighted by Crippen LogP contribution is -2.60. The molecule has 4 aliphatic rings. The highest BCUT2D eigenvalue weighted by Crippen LogP contribution is 2.34. The van der Waals surface area contributed by atoms with Crippen LogP contribution in [-0.4, -0.2) is 142 Å². The van der Waals surface area contributed by atoms with Crippen LogP contribution in [0.3, 0.4) is 0 Å². The molecule has 2 aromatic rings. The molecule has 0 aromatic heterocycles. The number of nitrogens with zero attached hydrogens (tertiary/aromatic N) is 2. The molecule has 0 saturated carbocycles. The first kappa shape index (κ1) is 51.2. The van der Waals surface area contributed by atoms with E-state index in [1.165, 1.54) is 20.8 Å². The molecule has 356 valence electrons. The Bertz CT molecular complexity index is 2090. The second-order valence-corrected chi connectivity index (χ2v) is 17.7. The molecule has 2 saturated heterocycles. The summed E-state index contributed by atoms with van der Waals surface area (Å²) in [6.07, 6.45) is -10.5. The molecule has 10 atom stereocenters. The average molecular weight is 949 g/mol. The summed E-state index contributed by atoms with van der Waals surface area (Å²) in [6, 6.07) is 11.9. The first-order valence-corrected chi connectivity index (χ1v) is 23.0. The summed E-state index contributed by atoms with van der Waals surface area (Å²) < 4.78 is 37.3. The van der Waals surface area contributed by atoms with E-state index >= 15 is 0 Å². The van der Waals surface area contributed by atoms with Crippen LogP contribution in [0.1, 0.15) is 65.5 Å². The number of hydrogen-bond donors (Lipinski definition) is 6. The Morgan fingerprint density at radius 2 is 1.17 bits per heavy atom. The highest BCUT2D eigenvalue weighted by Gasteiger charge is 2.50. The van der Waals surface area contributed by atoms with Gasteiger partial charge < -0.3 is 53.6 Å². The number of benzene rings is 2. The molecule has 0 aliphatic carbocycles. The van der Waals surface area contributed by atoms with Crippen molar-refractivity contribution in [1.82, 2.24) is 10.6 Å². The molecule has 20 nitrogen and oxygen atoms in total. The first-order chi connectivity index (χ1) is 31.0. The standard InChI is InChI=1S/C25H32N2O9S.C18H24N2O7S/c1-6-9-37-18-7-8-19-17(10-18)11-21(26-19)27-25(31)36-24-13(2)22(33-15(4)29)23(34-16(5)30)20(35-24)12-32-14(3)28;1-2-5-28-10-3-4-11-9(6-10)7-13(19-11)20-18(25)27-17-16(24)15(23)14(22)12(8-21)26-17/h7-8,10,13,20,22-24H,6,9,11-12H2,1-5H3,(H,26,27,31);3-4,6,12,14-17,21-24H,2,5,7-8H2,1H3,(H,19,20,25). The maximum Gasteiger partial charge on any atom is 0.414 e. The summed E-state index contributed by atoms with van der Waals surface area (Å²) in [4.78, 5) is 70.9. The summed E-state index contributed by atoms with van der Waals surface area (Å²) in [5.41, 5.74) is 3.53. The van der Waals surface area contributed by atoms with Gasteiger partial charge in [-0.25, -0.2) is 19.6 Å². The van der Waals surface area contributed by atoms with Gasteiger partial charge in [0.25, 0.3) is 0 Å². The van der Waals surface area contributed by atoms with Crippen molar-refractivity contribution in [3.63, 3.8) is 0 Å². The second kappa shape index (κ2) is 24.1. The van der Waals surface area contributed by atoms with Crippen molar-refractivity contribution in [1.29, 1.82) is 0 Å². The topological polar surface area (TPSA) is 280 Å². The number of hydrogen-bond acceptors (Lipinski definition) is 20. The van der Waals surface area contributed by atoms with Gasteiger partial charge in [0.15, 0.2) is 6.10 Å². The van der Waals surface area contributed by atoms with E-state index in [1.54, 1.807) is 30.4 Å². The molecule has 10 unspecified atom stereocenters. The van der Waals surface area contributed by atoms with Crippen LogP contribution >= 0.6 is 23.5 Å². The van der Waals surface area contributed by atoms with Crippen molar-refractivity contribution >= 4 is 76.7 Å². The van der Waals surface area contributed by atoms with Crippen LogP contribution < -0.4 is 10.6 Å². The number of aliphatic hydroxyl groups is 4. The average Bonchev–Trinajstić information content (AvgIpc) is 3.85. The Morgan fingerprint density at radius 1 is 0.677 bits per heavy atom. The first-order valence-electron chi connectivity index (χ1n) is 21.1. The highest BCUT2D eigenvalue weighted by molar-refractivity contribution is 7.99. The van der Waals surface area contributed by atoms with E-state index in [2.05, 4.69) is 40.5 Å². The minimum Gasteiger partial charge on any atom is -0.463 e. The van der Waals surface area contributed by atoms with Crippen molar-refractivity contribution in [2.45, 2.75) is 132 Å². The SMILES string of the molecule is CCCSc1ccc2c(c1)CC(NC(=O)OC1OC(CO)C(O)C(O)C1O)=N2.CCCSc1ccc2c(c1)CC(NC(=O)OC1OC(COC(C)=O)C(OC(C)=O)C(OC(C)=O)C1C)=N2. The summed E-state index contributed by atoms with van der Waals surface area (Å²) in [6.45, 7) is 8.57. The quantitative estimate of drug-likeness (QED) is 0.0951. The second-order valence-electron chi connectivity index (χ2n) is 15.4. The lowest BCUT2D eigenvalue weighted by Gasteiger charge is -2.43. The van der Waals surface area contributed by atoms with Gasteiger partial charge in [-0.3, -0.25) is 25.0 Å². The van der Waals surface area contributed by atoms with Crippen LogP contribution in [0.25, 0.3) is 0 Å². The zero-order chi connectivity index (χ0) is 47.4. The van der Waals surface area contributed by atoms with Crippen LogP contribution in [0.4, 0.5) is 21.0 Å². The number of rotatable bonds is 13. The number of aliphatic imine (C=N–C) groups is 2. The molecule has 2 fully saturated rings. The van der Waals surface area contributed by atoms with Gasteiger partial charge in [0.2, 0.25) is 12.6 Å². The van der Waals surface area contributed by atoms with E-state index in [9.17, 15) is 39.3 Å². The van der Waals surface area contributed by atoms with Crippen LogP contribution in [0.5, 0.6) is 0 Å².